The second-order valence-corrected chi connectivity index (χ2v) is 14.9. The highest BCUT2D eigenvalue weighted by Crippen LogP contribution is 2.52. The average Bonchev–Trinajstić information content (AvgIpc) is 3.74. The van der Waals surface area contributed by atoms with Gasteiger partial charge in [-0.1, -0.05) is 65.7 Å². The molecule has 4 aromatic carbocycles. The Kier molecular flexibility index (Phi) is 9.80. The number of hydrogen-bond donors (Lipinski definition) is 3. The minimum absolute atomic E-state index is 0.0440. The quantitative estimate of drug-likeness (QED) is 0.134. The monoisotopic (exact) mass is 815 g/mol. The fraction of sp³-hybridized carbons (Fsp3) is 0.200. The summed E-state index contributed by atoms with van der Waals surface area (Å²) in [5, 5.41) is 21.5. The van der Waals surface area contributed by atoms with E-state index in [1.807, 2.05) is 6.07 Å². The summed E-state index contributed by atoms with van der Waals surface area (Å²) in [7, 11) is 0. The number of likely N-dealkylation sites (tertiary alicyclic amines) is 1. The van der Waals surface area contributed by atoms with Gasteiger partial charge < -0.3 is 10.2 Å². The Balaban J connectivity index is 0.000000174. The van der Waals surface area contributed by atoms with E-state index in [4.69, 9.17) is 23.2 Å². The van der Waals surface area contributed by atoms with Crippen LogP contribution < -0.4 is 14.7 Å². The van der Waals surface area contributed by atoms with Crippen molar-refractivity contribution in [3.63, 3.8) is 0 Å². The molecule has 2 saturated heterocycles. The van der Waals surface area contributed by atoms with Gasteiger partial charge in [-0.25, -0.2) is 18.5 Å². The number of hydrogen-bond acceptors (Lipinski definition) is 8. The van der Waals surface area contributed by atoms with E-state index in [1.54, 1.807) is 30.3 Å². The highest BCUT2D eigenvalue weighted by atomic mass is 35.5. The van der Waals surface area contributed by atoms with Crippen LogP contribution in [0.15, 0.2) is 91.0 Å². The van der Waals surface area contributed by atoms with Crippen LogP contribution in [0.4, 0.5) is 15.8 Å². The number of nitrogens with one attached hydrogen (secondary N) is 1. The Morgan fingerprint density at radius 2 is 1.39 bits per heavy atom. The SMILES string of the molecule is O=C(O)CN1C(=O)C2(CC(=O)N(Cc3ccccc3)C2=O)c2cc(Cl)ccc21.O=C(O)C[N+]1(Cc2cccc(F)c2)C(=O)C2(CC(=O)NC2=O)c2cc(Cl)ccc21. The lowest BCUT2D eigenvalue weighted by Gasteiger charge is -2.31. The van der Waals surface area contributed by atoms with Crippen molar-refractivity contribution in [2.75, 3.05) is 18.0 Å². The van der Waals surface area contributed by atoms with Gasteiger partial charge in [0.25, 0.3) is 5.91 Å². The second kappa shape index (κ2) is 14.3. The molecule has 57 heavy (non-hydrogen) atoms. The number of fused-ring (bicyclic) bond motifs is 4. The predicted octanol–water partition coefficient (Wildman–Crippen LogP) is 3.86. The molecule has 0 aliphatic carbocycles. The topological polar surface area (TPSA) is 196 Å². The molecule has 290 valence electrons. The van der Waals surface area contributed by atoms with Gasteiger partial charge in [0.05, 0.1) is 19.4 Å². The number of halogens is 3. The first kappa shape index (κ1) is 39.0. The maximum Gasteiger partial charge on any atom is 0.360 e. The van der Waals surface area contributed by atoms with Gasteiger partial charge in [0, 0.05) is 38.5 Å². The molecule has 2 fully saturated rings. The summed E-state index contributed by atoms with van der Waals surface area (Å²) in [6.45, 7) is -1.42. The number of carbonyl (C=O) groups excluding carboxylic acids is 6. The fourth-order valence-electron chi connectivity index (χ4n) is 8.23. The minimum Gasteiger partial charge on any atom is -0.480 e. The van der Waals surface area contributed by atoms with Crippen molar-refractivity contribution >= 4 is 82.0 Å². The average molecular weight is 817 g/mol. The van der Waals surface area contributed by atoms with Crippen molar-refractivity contribution in [1.29, 1.82) is 0 Å². The molecular formula is C40H30Cl2FN4O10+. The van der Waals surface area contributed by atoms with Crippen molar-refractivity contribution in [2.24, 2.45) is 0 Å². The predicted molar refractivity (Wildman–Crippen MR) is 200 cm³/mol. The maximum absolute atomic E-state index is 13.8. The van der Waals surface area contributed by atoms with Crippen molar-refractivity contribution < 1.29 is 53.0 Å². The molecule has 17 heteroatoms. The van der Waals surface area contributed by atoms with E-state index in [2.05, 4.69) is 5.32 Å². The van der Waals surface area contributed by atoms with Gasteiger partial charge in [0.1, 0.15) is 24.6 Å². The summed E-state index contributed by atoms with van der Waals surface area (Å²) >= 11 is 12.2. The van der Waals surface area contributed by atoms with E-state index in [0.29, 0.717) is 16.3 Å². The molecule has 8 rings (SSSR count). The molecule has 3 atom stereocenters. The van der Waals surface area contributed by atoms with Gasteiger partial charge >= 0.3 is 17.8 Å². The number of aliphatic carboxylic acids is 2. The number of rotatable bonds is 8. The molecule has 4 aliphatic heterocycles. The number of benzene rings is 4. The third-order valence-corrected chi connectivity index (χ3v) is 11.0. The minimum atomic E-state index is -1.86. The van der Waals surface area contributed by atoms with Crippen LogP contribution in [0.25, 0.3) is 0 Å². The van der Waals surface area contributed by atoms with Crippen LogP contribution in [-0.4, -0.2) is 75.6 Å². The first-order chi connectivity index (χ1) is 27.0. The van der Waals surface area contributed by atoms with Gasteiger partial charge in [0.2, 0.25) is 29.0 Å². The normalized spacial score (nSPS) is 23.2. The fourth-order valence-corrected chi connectivity index (χ4v) is 8.57. The Morgan fingerprint density at radius 3 is 2.02 bits per heavy atom. The van der Waals surface area contributed by atoms with Gasteiger partial charge in [-0.2, -0.15) is 0 Å². The summed E-state index contributed by atoms with van der Waals surface area (Å²) in [6.07, 6.45) is -0.776. The van der Waals surface area contributed by atoms with Crippen molar-refractivity contribution in [3.8, 4) is 0 Å². The van der Waals surface area contributed by atoms with Crippen LogP contribution in [0.3, 0.4) is 0 Å². The van der Waals surface area contributed by atoms with Crippen molar-refractivity contribution in [2.45, 2.75) is 36.8 Å². The molecular weight excluding hydrogens is 786 g/mol. The lowest BCUT2D eigenvalue weighted by Crippen LogP contribution is -2.59. The van der Waals surface area contributed by atoms with E-state index in [-0.39, 0.29) is 41.3 Å². The van der Waals surface area contributed by atoms with Crippen LogP contribution in [0.1, 0.15) is 35.1 Å². The van der Waals surface area contributed by atoms with Gasteiger partial charge in [-0.05, 0) is 48.0 Å². The highest BCUT2D eigenvalue weighted by molar-refractivity contribution is 6.33. The molecule has 3 unspecified atom stereocenters. The molecule has 4 heterocycles. The van der Waals surface area contributed by atoms with E-state index >= 15 is 0 Å². The molecule has 0 bridgehead atoms. The molecule has 3 N–H and O–H groups in total. The molecule has 0 saturated carbocycles. The third kappa shape index (κ3) is 6.33. The Hall–Kier alpha value is -6.29. The smallest absolute Gasteiger partial charge is 0.360 e. The number of quaternary nitrogens is 1. The van der Waals surface area contributed by atoms with Crippen LogP contribution in [-0.2, 0) is 62.3 Å². The van der Waals surface area contributed by atoms with Crippen LogP contribution in [0, 0.1) is 5.82 Å². The number of nitrogens with zero attached hydrogens (tertiary/aromatic N) is 3. The van der Waals surface area contributed by atoms with Gasteiger partial charge in [-0.15, -0.1) is 0 Å². The zero-order valence-electron chi connectivity index (χ0n) is 29.5. The molecule has 14 nitrogen and oxygen atoms in total. The number of carboxylic acids is 2. The first-order valence-corrected chi connectivity index (χ1v) is 18.0. The van der Waals surface area contributed by atoms with E-state index < -0.39 is 88.0 Å². The second-order valence-electron chi connectivity index (χ2n) is 14.0. The highest BCUT2D eigenvalue weighted by Gasteiger charge is 2.70. The number of amides is 6. The molecule has 0 radical (unpaired) electrons. The summed E-state index contributed by atoms with van der Waals surface area (Å²) < 4.78 is 13.0. The van der Waals surface area contributed by atoms with Crippen LogP contribution in [0.2, 0.25) is 10.0 Å². The summed E-state index contributed by atoms with van der Waals surface area (Å²) in [5.41, 5.74) is -1.46. The first-order valence-electron chi connectivity index (χ1n) is 17.3. The Morgan fingerprint density at radius 1 is 0.737 bits per heavy atom. The van der Waals surface area contributed by atoms with E-state index in [1.165, 1.54) is 54.6 Å². The standard InChI is InChI=1S/C20H14ClFN2O5.C20H15ClN2O5/c21-12-4-5-15-14(7-12)20(8-16(25)23-18(20)28)19(29)24(15,10-17(26)27)9-11-2-1-3-13(22)6-11;21-13-6-7-15-14(8-13)20(18(27)22(15)11-17(25)26)9-16(24)23(19(20)28)10-12-4-2-1-3-5-12/h1-7H,8-10H2,(H-,23,25,26,27,28);1-8H,9-11H2,(H,25,26)/p+1. The molecule has 0 aromatic heterocycles. The number of carboxylic acid groups (broad SMARTS) is 2. The van der Waals surface area contributed by atoms with Crippen LogP contribution >= 0.6 is 23.2 Å². The molecule has 4 aliphatic rings. The lowest BCUT2D eigenvalue weighted by molar-refractivity contribution is -0.147. The van der Waals surface area contributed by atoms with E-state index in [0.717, 1.165) is 15.4 Å². The third-order valence-electron chi connectivity index (χ3n) is 10.6. The molecule has 4 aromatic rings. The zero-order valence-corrected chi connectivity index (χ0v) is 31.1. The van der Waals surface area contributed by atoms with E-state index in [9.17, 15) is 53.0 Å². The van der Waals surface area contributed by atoms with Gasteiger partial charge in [0.15, 0.2) is 12.0 Å². The lowest BCUT2D eigenvalue weighted by atomic mass is 9.80. The summed E-state index contributed by atoms with van der Waals surface area (Å²) in [6, 6.07) is 23.3. The largest absolute Gasteiger partial charge is 0.480 e. The zero-order chi connectivity index (χ0) is 41.0. The number of carbonyl (C=O) groups is 8. The molecule has 2 spiro atoms. The maximum atomic E-state index is 13.8. The molecule has 6 amide bonds. The van der Waals surface area contributed by atoms with Crippen LogP contribution in [0.5, 0.6) is 0 Å². The van der Waals surface area contributed by atoms with Gasteiger partial charge in [-0.3, -0.25) is 43.9 Å². The Labute approximate surface area is 332 Å². The van der Waals surface area contributed by atoms with Crippen molar-refractivity contribution in [3.05, 3.63) is 129 Å². The summed E-state index contributed by atoms with van der Waals surface area (Å²) in [5.74, 6) is -7.06. The summed E-state index contributed by atoms with van der Waals surface area (Å²) in [4.78, 5) is 103. The Bertz CT molecular complexity index is 2470. The number of anilines is 1. The van der Waals surface area contributed by atoms with Crippen molar-refractivity contribution in [1.82, 2.24) is 14.7 Å². The number of imide groups is 2.